The molecule has 1 aromatic carbocycles. The van der Waals surface area contributed by atoms with Crippen molar-refractivity contribution in [3.8, 4) is 0 Å². The summed E-state index contributed by atoms with van der Waals surface area (Å²) in [6.45, 7) is -0.650. The van der Waals surface area contributed by atoms with Gasteiger partial charge in [0, 0.05) is 6.07 Å². The van der Waals surface area contributed by atoms with E-state index < -0.39 is 35.7 Å². The molecule has 0 aliphatic heterocycles. The standard InChI is InChI=1S/C17H17F2N3O3/c18-12-6-3-7-13(19)16(12)17(24)25-10-15(23)21-14-8-9-20-22(14)11-4-1-2-5-11/h3,6-9,11H,1-2,4-5,10H2,(H,21,23). The smallest absolute Gasteiger partial charge is 0.344 e. The maximum absolute atomic E-state index is 13.5. The predicted molar refractivity (Wildman–Crippen MR) is 85.0 cm³/mol. The Balaban J connectivity index is 1.59. The molecule has 1 fully saturated rings. The molecule has 0 saturated heterocycles. The lowest BCUT2D eigenvalue weighted by Gasteiger charge is -2.14. The van der Waals surface area contributed by atoms with E-state index in [4.69, 9.17) is 4.74 Å². The fourth-order valence-electron chi connectivity index (χ4n) is 2.93. The van der Waals surface area contributed by atoms with Gasteiger partial charge >= 0.3 is 5.97 Å². The second-order valence-corrected chi connectivity index (χ2v) is 5.82. The maximum atomic E-state index is 13.5. The van der Waals surface area contributed by atoms with Gasteiger partial charge < -0.3 is 10.1 Å². The van der Waals surface area contributed by atoms with E-state index in [1.807, 2.05) is 0 Å². The van der Waals surface area contributed by atoms with E-state index in [1.54, 1.807) is 16.9 Å². The van der Waals surface area contributed by atoms with Crippen molar-refractivity contribution in [1.29, 1.82) is 0 Å². The number of nitrogens with one attached hydrogen (secondary N) is 1. The third-order valence-electron chi connectivity index (χ3n) is 4.11. The summed E-state index contributed by atoms with van der Waals surface area (Å²) in [5.74, 6) is -3.40. The van der Waals surface area contributed by atoms with E-state index in [2.05, 4.69) is 10.4 Å². The number of benzene rings is 1. The first kappa shape index (κ1) is 17.1. The molecular weight excluding hydrogens is 332 g/mol. The van der Waals surface area contributed by atoms with E-state index in [1.165, 1.54) is 0 Å². The van der Waals surface area contributed by atoms with E-state index in [0.29, 0.717) is 5.82 Å². The molecule has 1 heterocycles. The van der Waals surface area contributed by atoms with Gasteiger partial charge in [0.2, 0.25) is 0 Å². The lowest BCUT2D eigenvalue weighted by Crippen LogP contribution is -2.24. The third-order valence-corrected chi connectivity index (χ3v) is 4.11. The van der Waals surface area contributed by atoms with E-state index in [9.17, 15) is 18.4 Å². The molecule has 1 saturated carbocycles. The lowest BCUT2D eigenvalue weighted by molar-refractivity contribution is -0.119. The summed E-state index contributed by atoms with van der Waals surface area (Å²) in [6, 6.07) is 4.91. The Bertz CT molecular complexity index is 765. The highest BCUT2D eigenvalue weighted by atomic mass is 19.1. The highest BCUT2D eigenvalue weighted by molar-refractivity contribution is 5.95. The van der Waals surface area contributed by atoms with Gasteiger partial charge in [-0.15, -0.1) is 0 Å². The van der Waals surface area contributed by atoms with Crippen LogP contribution in [0.1, 0.15) is 42.1 Å². The molecule has 25 heavy (non-hydrogen) atoms. The van der Waals surface area contributed by atoms with Gasteiger partial charge in [-0.25, -0.2) is 18.3 Å². The second kappa shape index (κ2) is 7.42. The summed E-state index contributed by atoms with van der Waals surface area (Å²) >= 11 is 0. The third kappa shape index (κ3) is 3.84. The van der Waals surface area contributed by atoms with Crippen LogP contribution >= 0.6 is 0 Å². The van der Waals surface area contributed by atoms with Gasteiger partial charge in [-0.05, 0) is 25.0 Å². The van der Waals surface area contributed by atoms with Crippen LogP contribution in [-0.2, 0) is 9.53 Å². The van der Waals surface area contributed by atoms with Crippen molar-refractivity contribution in [3.05, 3.63) is 47.7 Å². The molecular formula is C17H17F2N3O3. The zero-order valence-electron chi connectivity index (χ0n) is 13.4. The molecule has 1 N–H and O–H groups in total. The molecule has 1 aliphatic rings. The number of halogens is 2. The summed E-state index contributed by atoms with van der Waals surface area (Å²) in [4.78, 5) is 23.7. The maximum Gasteiger partial charge on any atom is 0.344 e. The Morgan fingerprint density at radius 2 is 1.88 bits per heavy atom. The van der Waals surface area contributed by atoms with Crippen molar-refractivity contribution in [2.45, 2.75) is 31.7 Å². The summed E-state index contributed by atoms with van der Waals surface area (Å²) in [5, 5.41) is 6.81. The van der Waals surface area contributed by atoms with E-state index >= 15 is 0 Å². The fourth-order valence-corrected chi connectivity index (χ4v) is 2.93. The molecule has 0 spiro atoms. The molecule has 0 atom stereocenters. The molecule has 1 aromatic heterocycles. The van der Waals surface area contributed by atoms with Crippen LogP contribution in [0.5, 0.6) is 0 Å². The summed E-state index contributed by atoms with van der Waals surface area (Å²) in [7, 11) is 0. The van der Waals surface area contributed by atoms with Gasteiger partial charge in [0.1, 0.15) is 23.0 Å². The average Bonchev–Trinajstić information content (AvgIpc) is 3.23. The fraction of sp³-hybridized carbons (Fsp3) is 0.353. The molecule has 0 unspecified atom stereocenters. The number of hydrogen-bond donors (Lipinski definition) is 1. The second-order valence-electron chi connectivity index (χ2n) is 5.82. The Morgan fingerprint density at radius 3 is 2.56 bits per heavy atom. The first-order valence-electron chi connectivity index (χ1n) is 8.01. The van der Waals surface area contributed by atoms with Crippen molar-refractivity contribution in [3.63, 3.8) is 0 Å². The van der Waals surface area contributed by atoms with Crippen molar-refractivity contribution < 1.29 is 23.1 Å². The van der Waals surface area contributed by atoms with E-state index in [-0.39, 0.29) is 6.04 Å². The molecule has 0 bridgehead atoms. The van der Waals surface area contributed by atoms with Crippen LogP contribution in [0.25, 0.3) is 0 Å². The van der Waals surface area contributed by atoms with Crippen LogP contribution in [0.15, 0.2) is 30.5 Å². The topological polar surface area (TPSA) is 73.2 Å². The Morgan fingerprint density at radius 1 is 1.20 bits per heavy atom. The van der Waals surface area contributed by atoms with Gasteiger partial charge in [-0.1, -0.05) is 18.9 Å². The Kier molecular flexibility index (Phi) is 5.06. The van der Waals surface area contributed by atoms with Crippen LogP contribution in [0.3, 0.4) is 0 Å². The number of carbonyl (C=O) groups excluding carboxylic acids is 2. The van der Waals surface area contributed by atoms with Crippen LogP contribution < -0.4 is 5.32 Å². The van der Waals surface area contributed by atoms with Crippen molar-refractivity contribution in [1.82, 2.24) is 9.78 Å². The number of ether oxygens (including phenoxy) is 1. The molecule has 2 aromatic rings. The Labute approximate surface area is 142 Å². The minimum Gasteiger partial charge on any atom is -0.452 e. The van der Waals surface area contributed by atoms with Gasteiger partial charge in [0.05, 0.1) is 12.2 Å². The van der Waals surface area contributed by atoms with Crippen molar-refractivity contribution in [2.75, 3.05) is 11.9 Å². The van der Waals surface area contributed by atoms with Crippen molar-refractivity contribution in [2.24, 2.45) is 0 Å². The average molecular weight is 349 g/mol. The number of esters is 1. The number of rotatable bonds is 5. The molecule has 3 rings (SSSR count). The first-order chi connectivity index (χ1) is 12.1. The minimum absolute atomic E-state index is 0.236. The number of hydrogen-bond acceptors (Lipinski definition) is 4. The SMILES string of the molecule is O=C(COC(=O)c1c(F)cccc1F)Nc1ccnn1C1CCCC1. The quantitative estimate of drug-likeness (QED) is 0.842. The van der Waals surface area contributed by atoms with Crippen LogP contribution in [0.4, 0.5) is 14.6 Å². The van der Waals surface area contributed by atoms with Gasteiger partial charge in [0.25, 0.3) is 5.91 Å². The van der Waals surface area contributed by atoms with Crippen LogP contribution in [0.2, 0.25) is 0 Å². The molecule has 132 valence electrons. The lowest BCUT2D eigenvalue weighted by atomic mass is 10.2. The largest absolute Gasteiger partial charge is 0.452 e. The molecule has 0 radical (unpaired) electrons. The zero-order chi connectivity index (χ0) is 17.8. The minimum atomic E-state index is -1.23. The summed E-state index contributed by atoms with van der Waals surface area (Å²) in [6.07, 6.45) is 5.79. The molecule has 1 aliphatic carbocycles. The highest BCUT2D eigenvalue weighted by Gasteiger charge is 2.22. The Hall–Kier alpha value is -2.77. The first-order valence-corrected chi connectivity index (χ1v) is 8.01. The number of nitrogens with zero attached hydrogens (tertiary/aromatic N) is 2. The van der Waals surface area contributed by atoms with E-state index in [0.717, 1.165) is 43.9 Å². The summed E-state index contributed by atoms with van der Waals surface area (Å²) < 4.78 is 33.5. The predicted octanol–water partition coefficient (Wildman–Crippen LogP) is 3.07. The number of amides is 1. The monoisotopic (exact) mass is 349 g/mol. The number of anilines is 1. The molecule has 8 heteroatoms. The molecule has 6 nitrogen and oxygen atoms in total. The van der Waals surface area contributed by atoms with Crippen LogP contribution in [0, 0.1) is 11.6 Å². The van der Waals surface area contributed by atoms with Crippen LogP contribution in [-0.4, -0.2) is 28.3 Å². The number of carbonyl (C=O) groups is 2. The molecule has 1 amide bonds. The zero-order valence-corrected chi connectivity index (χ0v) is 13.4. The van der Waals surface area contributed by atoms with Gasteiger partial charge in [-0.2, -0.15) is 5.10 Å². The number of aromatic nitrogens is 2. The van der Waals surface area contributed by atoms with Gasteiger partial charge in [0.15, 0.2) is 6.61 Å². The van der Waals surface area contributed by atoms with Crippen molar-refractivity contribution >= 4 is 17.7 Å². The normalized spacial score (nSPS) is 14.5. The highest BCUT2D eigenvalue weighted by Crippen LogP contribution is 2.31. The summed E-state index contributed by atoms with van der Waals surface area (Å²) in [5.41, 5.74) is -0.814. The van der Waals surface area contributed by atoms with Gasteiger partial charge in [-0.3, -0.25) is 4.79 Å².